The molecule has 0 aromatic heterocycles. The van der Waals surface area contributed by atoms with E-state index in [-0.39, 0.29) is 35.9 Å². The lowest BCUT2D eigenvalue weighted by Crippen LogP contribution is -2.42. The molecule has 0 aliphatic rings. The number of nitrogens with zero attached hydrogens (tertiary/aromatic N) is 2. The fraction of sp³-hybridized carbons (Fsp3) is 0.650. The van der Waals surface area contributed by atoms with E-state index in [0.717, 1.165) is 31.0 Å². The van der Waals surface area contributed by atoms with E-state index < -0.39 is 0 Å². The van der Waals surface area contributed by atoms with Crippen LogP contribution in [0.4, 0.5) is 4.39 Å². The summed E-state index contributed by atoms with van der Waals surface area (Å²) in [6.07, 6.45) is 0.884. The van der Waals surface area contributed by atoms with Crippen LogP contribution in [0.15, 0.2) is 29.3 Å². The van der Waals surface area contributed by atoms with Crippen LogP contribution in [0.25, 0.3) is 0 Å². The van der Waals surface area contributed by atoms with Crippen molar-refractivity contribution in [1.29, 1.82) is 0 Å². The fourth-order valence-corrected chi connectivity index (χ4v) is 3.01. The van der Waals surface area contributed by atoms with Crippen LogP contribution in [0.2, 0.25) is 0 Å². The number of halogens is 2. The highest BCUT2D eigenvalue weighted by atomic mass is 127. The van der Waals surface area contributed by atoms with E-state index >= 15 is 0 Å². The van der Waals surface area contributed by atoms with Crippen molar-refractivity contribution in [3.05, 3.63) is 35.6 Å². The first kappa shape index (κ1) is 26.1. The third kappa shape index (κ3) is 9.71. The van der Waals surface area contributed by atoms with Gasteiger partial charge in [-0.15, -0.1) is 24.0 Å². The van der Waals surface area contributed by atoms with Crippen LogP contribution < -0.4 is 10.6 Å². The van der Waals surface area contributed by atoms with Gasteiger partial charge in [0.05, 0.1) is 6.10 Å². The van der Waals surface area contributed by atoms with Gasteiger partial charge in [-0.05, 0) is 51.8 Å². The molecule has 0 bridgehead atoms. The van der Waals surface area contributed by atoms with Crippen LogP contribution in [-0.2, 0) is 4.74 Å². The van der Waals surface area contributed by atoms with Gasteiger partial charge in [0.2, 0.25) is 0 Å². The van der Waals surface area contributed by atoms with E-state index in [4.69, 9.17) is 4.74 Å². The first-order valence-electron chi connectivity index (χ1n) is 9.37. The Bertz CT molecular complexity index is 529. The summed E-state index contributed by atoms with van der Waals surface area (Å²) in [5, 5.41) is 6.61. The number of hydrogen-bond acceptors (Lipinski definition) is 3. The Morgan fingerprint density at radius 2 is 1.70 bits per heavy atom. The maximum atomic E-state index is 13.1. The Labute approximate surface area is 181 Å². The van der Waals surface area contributed by atoms with E-state index in [1.54, 1.807) is 26.3 Å². The molecule has 0 fully saturated rings. The number of hydrogen-bond donors (Lipinski definition) is 2. The monoisotopic (exact) mass is 494 g/mol. The van der Waals surface area contributed by atoms with Gasteiger partial charge < -0.3 is 15.4 Å². The average Bonchev–Trinajstić information content (AvgIpc) is 2.60. The lowest BCUT2D eigenvalue weighted by Gasteiger charge is -2.30. The van der Waals surface area contributed by atoms with Gasteiger partial charge >= 0.3 is 0 Å². The van der Waals surface area contributed by atoms with E-state index in [1.165, 1.54) is 12.1 Å². The molecule has 0 saturated carbocycles. The van der Waals surface area contributed by atoms with Crippen LogP contribution in [-0.4, -0.2) is 56.7 Å². The van der Waals surface area contributed by atoms with Gasteiger partial charge in [-0.1, -0.05) is 12.1 Å². The second-order valence-electron chi connectivity index (χ2n) is 6.93. The first-order valence-corrected chi connectivity index (χ1v) is 9.37. The largest absolute Gasteiger partial charge is 0.375 e. The van der Waals surface area contributed by atoms with Crippen LogP contribution in [0.5, 0.6) is 0 Å². The smallest absolute Gasteiger partial charge is 0.191 e. The summed E-state index contributed by atoms with van der Waals surface area (Å²) < 4.78 is 18.6. The molecule has 0 spiro atoms. The van der Waals surface area contributed by atoms with Gasteiger partial charge in [-0.2, -0.15) is 0 Å². The molecule has 0 aliphatic carbocycles. The molecule has 156 valence electrons. The van der Waals surface area contributed by atoms with Crippen molar-refractivity contribution in [2.45, 2.75) is 52.3 Å². The predicted octanol–water partition coefficient (Wildman–Crippen LogP) is 3.81. The molecule has 1 unspecified atom stereocenters. The number of ether oxygens (including phenoxy) is 1. The summed E-state index contributed by atoms with van der Waals surface area (Å²) in [6.45, 7) is 11.4. The third-order valence-electron chi connectivity index (χ3n) is 4.42. The van der Waals surface area contributed by atoms with Gasteiger partial charge in [0.25, 0.3) is 0 Å². The molecule has 0 heterocycles. The second-order valence-corrected chi connectivity index (χ2v) is 6.93. The van der Waals surface area contributed by atoms with Crippen molar-refractivity contribution in [3.63, 3.8) is 0 Å². The Hall–Kier alpha value is -0.930. The van der Waals surface area contributed by atoms with Crippen molar-refractivity contribution in [2.75, 3.05) is 33.8 Å². The molecule has 1 rings (SSSR count). The number of rotatable bonds is 10. The van der Waals surface area contributed by atoms with Crippen LogP contribution in [0, 0.1) is 5.82 Å². The van der Waals surface area contributed by atoms with E-state index in [1.807, 2.05) is 0 Å². The molecule has 1 atom stereocenters. The molecular weight excluding hydrogens is 458 g/mol. The van der Waals surface area contributed by atoms with Gasteiger partial charge in [0.15, 0.2) is 5.96 Å². The van der Waals surface area contributed by atoms with Crippen LogP contribution in [0.3, 0.4) is 0 Å². The predicted molar refractivity (Wildman–Crippen MR) is 123 cm³/mol. The van der Waals surface area contributed by atoms with Crippen molar-refractivity contribution in [3.8, 4) is 0 Å². The maximum absolute atomic E-state index is 13.1. The van der Waals surface area contributed by atoms with Crippen molar-refractivity contribution in [1.82, 2.24) is 15.5 Å². The zero-order chi connectivity index (χ0) is 19.5. The van der Waals surface area contributed by atoms with Crippen molar-refractivity contribution >= 4 is 29.9 Å². The number of guanidine groups is 1. The van der Waals surface area contributed by atoms with E-state index in [2.05, 4.69) is 48.2 Å². The standard InChI is InChI=1S/C20H35FN4O.HI/c1-15(2)25(16(3)4)13-7-12-23-20(22-5)24-14-19(26-6)17-8-10-18(21)11-9-17;/h8-11,15-16,19H,7,12-14H2,1-6H3,(H2,22,23,24);1H. The molecule has 0 radical (unpaired) electrons. The molecule has 1 aromatic rings. The summed E-state index contributed by atoms with van der Waals surface area (Å²) in [5.74, 6) is 0.501. The Morgan fingerprint density at radius 1 is 1.11 bits per heavy atom. The number of nitrogens with one attached hydrogen (secondary N) is 2. The molecule has 2 N–H and O–H groups in total. The Balaban J connectivity index is 0.00000676. The average molecular weight is 494 g/mol. The highest BCUT2D eigenvalue weighted by molar-refractivity contribution is 14.0. The molecular formula is C20H36FIN4O. The molecule has 0 saturated heterocycles. The normalized spacial score (nSPS) is 13.0. The Kier molecular flexibility index (Phi) is 13.6. The van der Waals surface area contributed by atoms with Crippen LogP contribution >= 0.6 is 24.0 Å². The zero-order valence-electron chi connectivity index (χ0n) is 17.5. The lowest BCUT2D eigenvalue weighted by molar-refractivity contribution is 0.106. The SMILES string of the molecule is CN=C(NCCCN(C(C)C)C(C)C)NCC(OC)c1ccc(F)cc1.I. The molecule has 1 aromatic carbocycles. The number of benzene rings is 1. The third-order valence-corrected chi connectivity index (χ3v) is 4.42. The first-order chi connectivity index (χ1) is 12.4. The zero-order valence-corrected chi connectivity index (χ0v) is 19.8. The summed E-state index contributed by atoms with van der Waals surface area (Å²) in [7, 11) is 3.40. The van der Waals surface area contributed by atoms with Gasteiger partial charge in [0, 0.05) is 45.9 Å². The minimum Gasteiger partial charge on any atom is -0.375 e. The molecule has 0 aliphatic heterocycles. The highest BCUT2D eigenvalue weighted by Gasteiger charge is 2.13. The minimum absolute atomic E-state index is 0. The number of methoxy groups -OCH3 is 1. The van der Waals surface area contributed by atoms with Crippen molar-refractivity contribution < 1.29 is 9.13 Å². The van der Waals surface area contributed by atoms with Crippen molar-refractivity contribution in [2.24, 2.45) is 4.99 Å². The maximum Gasteiger partial charge on any atom is 0.191 e. The van der Waals surface area contributed by atoms with E-state index in [0.29, 0.717) is 18.6 Å². The second kappa shape index (κ2) is 14.1. The van der Waals surface area contributed by atoms with Gasteiger partial charge in [0.1, 0.15) is 5.82 Å². The molecule has 7 heteroatoms. The van der Waals surface area contributed by atoms with Crippen LogP contribution in [0.1, 0.15) is 45.8 Å². The molecule has 5 nitrogen and oxygen atoms in total. The fourth-order valence-electron chi connectivity index (χ4n) is 3.01. The summed E-state index contributed by atoms with van der Waals surface area (Å²) >= 11 is 0. The summed E-state index contributed by atoms with van der Waals surface area (Å²) in [6, 6.07) is 7.48. The molecule has 27 heavy (non-hydrogen) atoms. The highest BCUT2D eigenvalue weighted by Crippen LogP contribution is 2.16. The molecule has 0 amide bonds. The Morgan fingerprint density at radius 3 is 2.19 bits per heavy atom. The minimum atomic E-state index is -0.245. The summed E-state index contributed by atoms with van der Waals surface area (Å²) in [5.41, 5.74) is 0.932. The number of aliphatic imine (C=N–C) groups is 1. The quantitative estimate of drug-likeness (QED) is 0.225. The lowest BCUT2D eigenvalue weighted by atomic mass is 10.1. The van der Waals surface area contributed by atoms with E-state index in [9.17, 15) is 4.39 Å². The topological polar surface area (TPSA) is 48.9 Å². The van der Waals surface area contributed by atoms with Gasteiger partial charge in [-0.25, -0.2) is 4.39 Å². The summed E-state index contributed by atoms with van der Waals surface area (Å²) in [4.78, 5) is 6.73. The van der Waals surface area contributed by atoms with Gasteiger partial charge in [-0.3, -0.25) is 9.89 Å².